The van der Waals surface area contributed by atoms with Crippen LogP contribution in [0.15, 0.2) is 53.4 Å². The Balaban J connectivity index is 1.89. The van der Waals surface area contributed by atoms with Crippen molar-refractivity contribution >= 4 is 15.9 Å². The van der Waals surface area contributed by atoms with E-state index in [1.54, 1.807) is 42.5 Å². The maximum absolute atomic E-state index is 12.5. The van der Waals surface area contributed by atoms with Crippen LogP contribution in [0.5, 0.6) is 0 Å². The fourth-order valence-electron chi connectivity index (χ4n) is 2.84. The zero-order valence-corrected chi connectivity index (χ0v) is 17.0. The van der Waals surface area contributed by atoms with Gasteiger partial charge in [0.25, 0.3) is 0 Å². The summed E-state index contributed by atoms with van der Waals surface area (Å²) >= 11 is 0. The van der Waals surface area contributed by atoms with Crippen LogP contribution >= 0.6 is 0 Å². The van der Waals surface area contributed by atoms with E-state index in [2.05, 4.69) is 11.4 Å². The summed E-state index contributed by atoms with van der Waals surface area (Å²) < 4.78 is 26.4. The zero-order chi connectivity index (χ0) is 20.6. The van der Waals surface area contributed by atoms with E-state index in [0.29, 0.717) is 38.0 Å². The van der Waals surface area contributed by atoms with Crippen molar-refractivity contribution in [2.75, 3.05) is 13.1 Å². The molecular formula is C21H25N3O3S. The lowest BCUT2D eigenvalue weighted by Crippen LogP contribution is -2.30. The molecule has 2 aromatic rings. The van der Waals surface area contributed by atoms with E-state index in [-0.39, 0.29) is 10.8 Å². The molecule has 0 aliphatic rings. The molecule has 0 aromatic heterocycles. The van der Waals surface area contributed by atoms with Crippen molar-refractivity contribution in [2.24, 2.45) is 0 Å². The highest BCUT2D eigenvalue weighted by atomic mass is 32.2. The summed E-state index contributed by atoms with van der Waals surface area (Å²) in [6.45, 7) is 4.85. The normalized spacial score (nSPS) is 11.2. The predicted molar refractivity (Wildman–Crippen MR) is 108 cm³/mol. The minimum atomic E-state index is -3.46. The molecule has 0 aliphatic heterocycles. The van der Waals surface area contributed by atoms with E-state index in [1.807, 2.05) is 19.9 Å². The minimum Gasteiger partial charge on any atom is -0.352 e. The topological polar surface area (TPSA) is 90.3 Å². The van der Waals surface area contributed by atoms with Gasteiger partial charge in [0.2, 0.25) is 15.9 Å². The number of sulfonamides is 1. The van der Waals surface area contributed by atoms with E-state index in [9.17, 15) is 13.2 Å². The van der Waals surface area contributed by atoms with Gasteiger partial charge in [0.15, 0.2) is 0 Å². The Bertz CT molecular complexity index is 944. The van der Waals surface area contributed by atoms with Gasteiger partial charge in [0.05, 0.1) is 16.5 Å². The maximum Gasteiger partial charge on any atom is 0.243 e. The first kappa shape index (κ1) is 21.6. The van der Waals surface area contributed by atoms with Crippen LogP contribution in [0.3, 0.4) is 0 Å². The van der Waals surface area contributed by atoms with Gasteiger partial charge in [0.1, 0.15) is 0 Å². The molecule has 28 heavy (non-hydrogen) atoms. The van der Waals surface area contributed by atoms with Crippen LogP contribution < -0.4 is 5.32 Å². The second-order valence-corrected chi connectivity index (χ2v) is 8.26. The molecule has 0 radical (unpaired) electrons. The number of rotatable bonds is 9. The van der Waals surface area contributed by atoms with E-state index in [1.165, 1.54) is 4.31 Å². The summed E-state index contributed by atoms with van der Waals surface area (Å²) in [7, 11) is -3.46. The number of hydrogen-bond acceptors (Lipinski definition) is 4. The molecule has 0 saturated carbocycles. The van der Waals surface area contributed by atoms with Gasteiger partial charge in [-0.2, -0.15) is 9.57 Å². The van der Waals surface area contributed by atoms with Crippen molar-refractivity contribution in [3.05, 3.63) is 65.2 Å². The molecule has 1 amide bonds. The molecule has 0 saturated heterocycles. The first-order valence-electron chi connectivity index (χ1n) is 9.25. The van der Waals surface area contributed by atoms with Crippen LogP contribution in [-0.4, -0.2) is 31.7 Å². The second-order valence-electron chi connectivity index (χ2n) is 6.32. The standard InChI is InChI=1S/C21H25N3O3S/c1-3-24(4-2)28(26,27)20-11-8-17(9-12-20)10-13-21(25)23-16-19-7-5-6-18(14-19)15-22/h5-9,11-12,14H,3-4,10,13,16H2,1-2H3,(H,23,25). The third kappa shape index (κ3) is 5.65. The lowest BCUT2D eigenvalue weighted by atomic mass is 10.1. The van der Waals surface area contributed by atoms with Gasteiger partial charge in [-0.3, -0.25) is 4.79 Å². The number of nitriles is 1. The molecule has 0 spiro atoms. The number of nitrogens with zero attached hydrogens (tertiary/aromatic N) is 2. The van der Waals surface area contributed by atoms with Gasteiger partial charge in [-0.05, 0) is 41.8 Å². The maximum atomic E-state index is 12.5. The molecule has 1 N–H and O–H groups in total. The predicted octanol–water partition coefficient (Wildman–Crippen LogP) is 2.84. The zero-order valence-electron chi connectivity index (χ0n) is 16.2. The Hall–Kier alpha value is -2.69. The quantitative estimate of drug-likeness (QED) is 0.702. The van der Waals surface area contributed by atoms with Gasteiger partial charge < -0.3 is 5.32 Å². The molecular weight excluding hydrogens is 374 g/mol. The summed E-state index contributed by atoms with van der Waals surface area (Å²) in [4.78, 5) is 12.3. The van der Waals surface area contributed by atoms with Gasteiger partial charge in [0, 0.05) is 26.1 Å². The molecule has 6 nitrogen and oxygen atoms in total. The van der Waals surface area contributed by atoms with Crippen LogP contribution in [0.25, 0.3) is 0 Å². The van der Waals surface area contributed by atoms with Gasteiger partial charge in [-0.1, -0.05) is 38.1 Å². The molecule has 2 aromatic carbocycles. The van der Waals surface area contributed by atoms with E-state index in [0.717, 1.165) is 11.1 Å². The highest BCUT2D eigenvalue weighted by molar-refractivity contribution is 7.89. The number of amides is 1. The van der Waals surface area contributed by atoms with Gasteiger partial charge >= 0.3 is 0 Å². The molecule has 0 bridgehead atoms. The summed E-state index contributed by atoms with van der Waals surface area (Å²) in [6.07, 6.45) is 0.829. The summed E-state index contributed by atoms with van der Waals surface area (Å²) in [5.41, 5.74) is 2.34. The lowest BCUT2D eigenvalue weighted by Gasteiger charge is -2.18. The Labute approximate surface area is 166 Å². The van der Waals surface area contributed by atoms with Crippen molar-refractivity contribution < 1.29 is 13.2 Å². The fourth-order valence-corrected chi connectivity index (χ4v) is 4.30. The van der Waals surface area contributed by atoms with Crippen molar-refractivity contribution in [1.29, 1.82) is 5.26 Å². The van der Waals surface area contributed by atoms with Crippen molar-refractivity contribution in [3.8, 4) is 6.07 Å². The van der Waals surface area contributed by atoms with Gasteiger partial charge in [-0.25, -0.2) is 8.42 Å². The van der Waals surface area contributed by atoms with Crippen LogP contribution in [0.2, 0.25) is 0 Å². The minimum absolute atomic E-state index is 0.0952. The van der Waals surface area contributed by atoms with Crippen molar-refractivity contribution in [2.45, 2.75) is 38.1 Å². The number of hydrogen-bond donors (Lipinski definition) is 1. The summed E-state index contributed by atoms with van der Waals surface area (Å²) in [5, 5.41) is 11.7. The average Bonchev–Trinajstić information content (AvgIpc) is 2.72. The summed E-state index contributed by atoms with van der Waals surface area (Å²) in [5.74, 6) is -0.0952. The van der Waals surface area contributed by atoms with Crippen molar-refractivity contribution in [3.63, 3.8) is 0 Å². The number of aryl methyl sites for hydroxylation is 1. The average molecular weight is 400 g/mol. The van der Waals surface area contributed by atoms with Crippen LogP contribution in [0.4, 0.5) is 0 Å². The molecule has 0 atom stereocenters. The molecule has 148 valence electrons. The molecule has 0 fully saturated rings. The monoisotopic (exact) mass is 399 g/mol. The second kappa shape index (κ2) is 10.0. The first-order valence-corrected chi connectivity index (χ1v) is 10.7. The SMILES string of the molecule is CCN(CC)S(=O)(=O)c1ccc(CCC(=O)NCc2cccc(C#N)c2)cc1. The van der Waals surface area contributed by atoms with Crippen LogP contribution in [0, 0.1) is 11.3 Å². The number of benzene rings is 2. The Morgan fingerprint density at radius 3 is 2.36 bits per heavy atom. The summed E-state index contributed by atoms with van der Waals surface area (Å²) in [6, 6.07) is 15.9. The largest absolute Gasteiger partial charge is 0.352 e. The molecule has 0 aliphatic carbocycles. The molecule has 0 heterocycles. The molecule has 0 unspecified atom stereocenters. The van der Waals surface area contributed by atoms with Gasteiger partial charge in [-0.15, -0.1) is 0 Å². The molecule has 2 rings (SSSR count). The third-order valence-electron chi connectivity index (χ3n) is 4.45. The van der Waals surface area contributed by atoms with E-state index < -0.39 is 10.0 Å². The lowest BCUT2D eigenvalue weighted by molar-refractivity contribution is -0.121. The Morgan fingerprint density at radius 2 is 1.75 bits per heavy atom. The highest BCUT2D eigenvalue weighted by Gasteiger charge is 2.21. The van der Waals surface area contributed by atoms with Crippen LogP contribution in [-0.2, 0) is 27.8 Å². The van der Waals surface area contributed by atoms with Crippen molar-refractivity contribution in [1.82, 2.24) is 9.62 Å². The number of carbonyl (C=O) groups excluding carboxylic acids is 1. The van der Waals surface area contributed by atoms with Crippen LogP contribution in [0.1, 0.15) is 37.0 Å². The third-order valence-corrected chi connectivity index (χ3v) is 6.52. The van der Waals surface area contributed by atoms with E-state index in [4.69, 9.17) is 5.26 Å². The Kier molecular flexibility index (Phi) is 7.73. The smallest absolute Gasteiger partial charge is 0.243 e. The fraction of sp³-hybridized carbons (Fsp3) is 0.333. The number of nitrogens with one attached hydrogen (secondary N) is 1. The number of carbonyl (C=O) groups is 1. The highest BCUT2D eigenvalue weighted by Crippen LogP contribution is 2.17. The molecule has 7 heteroatoms. The van der Waals surface area contributed by atoms with E-state index >= 15 is 0 Å². The Morgan fingerprint density at radius 1 is 1.07 bits per heavy atom. The first-order chi connectivity index (χ1) is 13.4.